The van der Waals surface area contributed by atoms with Gasteiger partial charge in [0.2, 0.25) is 10.0 Å². The van der Waals surface area contributed by atoms with Crippen LogP contribution in [0.15, 0.2) is 40.2 Å². The van der Waals surface area contributed by atoms with Crippen LogP contribution in [0.25, 0.3) is 0 Å². The zero-order valence-corrected chi connectivity index (χ0v) is 17.0. The second-order valence-electron chi connectivity index (χ2n) is 6.31. The van der Waals surface area contributed by atoms with Crippen molar-refractivity contribution in [3.05, 3.63) is 30.3 Å². The molecule has 1 saturated carbocycles. The molecule has 1 aliphatic carbocycles. The Kier molecular flexibility index (Phi) is 9.28. The Labute approximate surface area is 161 Å². The predicted molar refractivity (Wildman–Crippen MR) is 110 cm³/mol. The molecule has 0 radical (unpaired) electrons. The number of nitrogens with one attached hydrogen (secondary N) is 3. The molecule has 1 aliphatic rings. The molecule has 1 aromatic rings. The molecule has 6 nitrogen and oxygen atoms in total. The number of hydrogen-bond donors (Lipinski definition) is 3. The van der Waals surface area contributed by atoms with E-state index in [0.717, 1.165) is 31.7 Å². The molecule has 0 spiro atoms. The Bertz CT molecular complexity index is 646. The highest BCUT2D eigenvalue weighted by Crippen LogP contribution is 2.25. The quantitative estimate of drug-likeness (QED) is 0.230. The van der Waals surface area contributed by atoms with Crippen LogP contribution in [0.1, 0.15) is 26.2 Å². The molecule has 0 aliphatic heterocycles. The molecular weight excluding hydrogens is 368 g/mol. The largest absolute Gasteiger partial charge is 0.357 e. The van der Waals surface area contributed by atoms with Crippen molar-refractivity contribution in [1.29, 1.82) is 0 Å². The summed E-state index contributed by atoms with van der Waals surface area (Å²) < 4.78 is 26.7. The van der Waals surface area contributed by atoms with E-state index in [0.29, 0.717) is 18.4 Å². The average molecular weight is 399 g/mol. The first-order chi connectivity index (χ1) is 12.6. The summed E-state index contributed by atoms with van der Waals surface area (Å²) in [5, 5.41) is 6.40. The molecule has 0 amide bonds. The summed E-state index contributed by atoms with van der Waals surface area (Å²) in [6.07, 6.45) is 3.49. The van der Waals surface area contributed by atoms with Crippen molar-refractivity contribution in [2.75, 3.05) is 37.7 Å². The fraction of sp³-hybridized carbons (Fsp3) is 0.611. The van der Waals surface area contributed by atoms with Crippen LogP contribution in [0, 0.1) is 5.92 Å². The minimum atomic E-state index is -3.24. The van der Waals surface area contributed by atoms with Gasteiger partial charge in [0.05, 0.1) is 12.3 Å². The third-order valence-corrected chi connectivity index (χ3v) is 6.54. The van der Waals surface area contributed by atoms with E-state index < -0.39 is 10.0 Å². The SMILES string of the molecule is CCNC(=NCCS(=O)(=O)NCC1CCC1)NCCSc1ccccc1. The van der Waals surface area contributed by atoms with E-state index in [2.05, 4.69) is 32.5 Å². The van der Waals surface area contributed by atoms with E-state index in [9.17, 15) is 8.42 Å². The van der Waals surface area contributed by atoms with Gasteiger partial charge in [0, 0.05) is 30.3 Å². The molecule has 8 heteroatoms. The first-order valence-electron chi connectivity index (χ1n) is 9.26. The highest BCUT2D eigenvalue weighted by atomic mass is 32.2. The summed E-state index contributed by atoms with van der Waals surface area (Å²) in [6.45, 7) is 4.32. The molecule has 146 valence electrons. The molecule has 3 N–H and O–H groups in total. The van der Waals surface area contributed by atoms with Gasteiger partial charge in [-0.15, -0.1) is 11.8 Å². The van der Waals surface area contributed by atoms with Crippen LogP contribution in [0.3, 0.4) is 0 Å². The van der Waals surface area contributed by atoms with Crippen molar-refractivity contribution in [2.24, 2.45) is 10.9 Å². The zero-order chi connectivity index (χ0) is 18.7. The Balaban J connectivity index is 1.67. The van der Waals surface area contributed by atoms with Crippen LogP contribution in [-0.4, -0.2) is 52.1 Å². The van der Waals surface area contributed by atoms with Crippen LogP contribution in [-0.2, 0) is 10.0 Å². The van der Waals surface area contributed by atoms with Crippen LogP contribution in [0.5, 0.6) is 0 Å². The number of sulfonamides is 1. The molecular formula is C18H30N4O2S2. The van der Waals surface area contributed by atoms with Gasteiger partial charge >= 0.3 is 0 Å². The van der Waals surface area contributed by atoms with Gasteiger partial charge in [-0.25, -0.2) is 13.1 Å². The summed E-state index contributed by atoms with van der Waals surface area (Å²) in [5.74, 6) is 2.12. The minimum absolute atomic E-state index is 0.0229. The molecule has 0 heterocycles. The lowest BCUT2D eigenvalue weighted by atomic mass is 9.86. The van der Waals surface area contributed by atoms with Gasteiger partial charge in [0.25, 0.3) is 0 Å². The molecule has 1 aromatic carbocycles. The van der Waals surface area contributed by atoms with Crippen LogP contribution >= 0.6 is 11.8 Å². The second kappa shape index (κ2) is 11.5. The molecule has 1 fully saturated rings. The fourth-order valence-electron chi connectivity index (χ4n) is 2.49. The topological polar surface area (TPSA) is 82.6 Å². The maximum absolute atomic E-state index is 12.0. The molecule has 26 heavy (non-hydrogen) atoms. The summed E-state index contributed by atoms with van der Waals surface area (Å²) in [6, 6.07) is 10.2. The van der Waals surface area contributed by atoms with Gasteiger partial charge in [-0.2, -0.15) is 0 Å². The average Bonchev–Trinajstić information content (AvgIpc) is 2.58. The Morgan fingerprint density at radius 1 is 1.23 bits per heavy atom. The second-order valence-corrected chi connectivity index (χ2v) is 9.41. The van der Waals surface area contributed by atoms with E-state index in [1.54, 1.807) is 11.8 Å². The maximum Gasteiger partial charge on any atom is 0.213 e. The first kappa shape index (κ1) is 21.1. The van der Waals surface area contributed by atoms with E-state index in [1.807, 2.05) is 25.1 Å². The van der Waals surface area contributed by atoms with Crippen molar-refractivity contribution >= 4 is 27.7 Å². The monoisotopic (exact) mass is 398 g/mol. The molecule has 2 rings (SSSR count). The van der Waals surface area contributed by atoms with Crippen LogP contribution in [0.4, 0.5) is 0 Å². The van der Waals surface area contributed by atoms with Gasteiger partial charge in [-0.05, 0) is 37.8 Å². The fourth-order valence-corrected chi connectivity index (χ4v) is 4.24. The standard InChI is InChI=1S/C18H30N4O2S2/c1-2-19-18(20-11-13-25-17-9-4-3-5-10-17)21-12-14-26(23,24)22-15-16-7-6-8-16/h3-5,9-10,16,22H,2,6-8,11-15H2,1H3,(H2,19,20,21). The van der Waals surface area contributed by atoms with E-state index in [4.69, 9.17) is 0 Å². The normalized spacial score (nSPS) is 15.5. The smallest absolute Gasteiger partial charge is 0.213 e. The Hall–Kier alpha value is -1.25. The van der Waals surface area contributed by atoms with E-state index in [-0.39, 0.29) is 12.3 Å². The first-order valence-corrected chi connectivity index (χ1v) is 11.9. The minimum Gasteiger partial charge on any atom is -0.357 e. The maximum atomic E-state index is 12.0. The molecule has 0 unspecified atom stereocenters. The van der Waals surface area contributed by atoms with Crippen molar-refractivity contribution < 1.29 is 8.42 Å². The summed E-state index contributed by atoms with van der Waals surface area (Å²) in [5.41, 5.74) is 0. The Morgan fingerprint density at radius 3 is 2.65 bits per heavy atom. The molecule has 0 aromatic heterocycles. The highest BCUT2D eigenvalue weighted by molar-refractivity contribution is 7.99. The van der Waals surface area contributed by atoms with Gasteiger partial charge < -0.3 is 10.6 Å². The van der Waals surface area contributed by atoms with Crippen molar-refractivity contribution in [3.63, 3.8) is 0 Å². The molecule has 0 saturated heterocycles. The number of nitrogens with zero attached hydrogens (tertiary/aromatic N) is 1. The van der Waals surface area contributed by atoms with Crippen molar-refractivity contribution in [3.8, 4) is 0 Å². The predicted octanol–water partition coefficient (Wildman–Crippen LogP) is 2.05. The van der Waals surface area contributed by atoms with Gasteiger partial charge in [-0.1, -0.05) is 24.6 Å². The lowest BCUT2D eigenvalue weighted by Gasteiger charge is -2.25. The third-order valence-electron chi connectivity index (χ3n) is 4.20. The number of benzene rings is 1. The van der Waals surface area contributed by atoms with Gasteiger partial charge in [0.1, 0.15) is 0 Å². The van der Waals surface area contributed by atoms with Gasteiger partial charge in [-0.3, -0.25) is 4.99 Å². The van der Waals surface area contributed by atoms with Gasteiger partial charge in [0.15, 0.2) is 5.96 Å². The van der Waals surface area contributed by atoms with E-state index >= 15 is 0 Å². The van der Waals surface area contributed by atoms with Crippen molar-refractivity contribution in [2.45, 2.75) is 31.1 Å². The number of hydrogen-bond acceptors (Lipinski definition) is 4. The lowest BCUT2D eigenvalue weighted by Crippen LogP contribution is -2.39. The summed E-state index contributed by atoms with van der Waals surface area (Å²) in [4.78, 5) is 5.61. The number of rotatable bonds is 11. The number of guanidine groups is 1. The zero-order valence-electron chi connectivity index (χ0n) is 15.4. The summed E-state index contributed by atoms with van der Waals surface area (Å²) in [7, 11) is -3.24. The number of aliphatic imine (C=N–C) groups is 1. The van der Waals surface area contributed by atoms with Crippen molar-refractivity contribution in [1.82, 2.24) is 15.4 Å². The highest BCUT2D eigenvalue weighted by Gasteiger charge is 2.19. The summed E-state index contributed by atoms with van der Waals surface area (Å²) >= 11 is 1.77. The molecule has 0 bridgehead atoms. The number of thioether (sulfide) groups is 1. The van der Waals surface area contributed by atoms with E-state index in [1.165, 1.54) is 11.3 Å². The van der Waals surface area contributed by atoms with Crippen LogP contribution in [0.2, 0.25) is 0 Å². The third kappa shape index (κ3) is 8.42. The Morgan fingerprint density at radius 2 is 2.00 bits per heavy atom. The van der Waals surface area contributed by atoms with Crippen LogP contribution < -0.4 is 15.4 Å². The lowest BCUT2D eigenvalue weighted by molar-refractivity contribution is 0.316. The molecule has 0 atom stereocenters.